The highest BCUT2D eigenvalue weighted by Gasteiger charge is 2.20. The molecule has 1 aliphatic heterocycles. The van der Waals surface area contributed by atoms with Crippen molar-refractivity contribution in [2.45, 2.75) is 6.42 Å². The number of benzene rings is 1. The molecule has 20 heavy (non-hydrogen) atoms. The molecule has 102 valence electrons. The fourth-order valence-corrected chi connectivity index (χ4v) is 2.59. The number of hydrogen-bond acceptors (Lipinski definition) is 2. The van der Waals surface area contributed by atoms with Crippen molar-refractivity contribution < 1.29 is 9.59 Å². The van der Waals surface area contributed by atoms with Crippen LogP contribution < -0.4 is 10.6 Å². The van der Waals surface area contributed by atoms with Gasteiger partial charge in [0.25, 0.3) is 5.91 Å². The van der Waals surface area contributed by atoms with E-state index in [9.17, 15) is 9.59 Å². The molecule has 0 saturated heterocycles. The largest absolute Gasteiger partial charge is 0.356 e. The number of fused-ring (bicyclic) bond motifs is 1. The van der Waals surface area contributed by atoms with E-state index in [-0.39, 0.29) is 11.8 Å². The second kappa shape index (κ2) is 4.96. The SMILES string of the molecule is O=C1Cc2cc(NC(=O)c3cc(Br)c[nH]3)c(Cl)cc2N1. The number of halogens is 2. The Bertz CT molecular complexity index is 726. The third kappa shape index (κ3) is 2.44. The van der Waals surface area contributed by atoms with Gasteiger partial charge in [-0.25, -0.2) is 0 Å². The minimum atomic E-state index is -0.296. The molecule has 0 saturated carbocycles. The topological polar surface area (TPSA) is 74.0 Å². The van der Waals surface area contributed by atoms with Gasteiger partial charge >= 0.3 is 0 Å². The lowest BCUT2D eigenvalue weighted by molar-refractivity contribution is -0.115. The lowest BCUT2D eigenvalue weighted by Gasteiger charge is -2.08. The van der Waals surface area contributed by atoms with Crippen LogP contribution in [0.15, 0.2) is 28.9 Å². The average molecular weight is 355 g/mol. The van der Waals surface area contributed by atoms with Crippen LogP contribution in [0.1, 0.15) is 16.1 Å². The van der Waals surface area contributed by atoms with E-state index in [0.29, 0.717) is 28.5 Å². The predicted octanol–water partition coefficient (Wildman–Crippen LogP) is 3.18. The highest BCUT2D eigenvalue weighted by atomic mass is 79.9. The fraction of sp³-hybridized carbons (Fsp3) is 0.0769. The first-order chi connectivity index (χ1) is 9.52. The summed E-state index contributed by atoms with van der Waals surface area (Å²) in [6.45, 7) is 0. The molecular weight excluding hydrogens is 346 g/mol. The number of anilines is 2. The van der Waals surface area contributed by atoms with E-state index >= 15 is 0 Å². The van der Waals surface area contributed by atoms with Crippen molar-refractivity contribution in [1.82, 2.24) is 4.98 Å². The van der Waals surface area contributed by atoms with Crippen LogP contribution in [-0.4, -0.2) is 16.8 Å². The smallest absolute Gasteiger partial charge is 0.272 e. The van der Waals surface area contributed by atoms with Gasteiger partial charge in [-0.3, -0.25) is 9.59 Å². The number of rotatable bonds is 2. The molecule has 0 fully saturated rings. The van der Waals surface area contributed by atoms with Crippen molar-refractivity contribution in [1.29, 1.82) is 0 Å². The van der Waals surface area contributed by atoms with E-state index in [4.69, 9.17) is 11.6 Å². The summed E-state index contributed by atoms with van der Waals surface area (Å²) in [5, 5.41) is 5.81. The maximum atomic E-state index is 12.0. The van der Waals surface area contributed by atoms with Gasteiger partial charge in [-0.2, -0.15) is 0 Å². The lowest BCUT2D eigenvalue weighted by Crippen LogP contribution is -2.12. The normalized spacial score (nSPS) is 13.0. The summed E-state index contributed by atoms with van der Waals surface area (Å²) >= 11 is 9.37. The van der Waals surface area contributed by atoms with Crippen molar-refractivity contribution in [3.05, 3.63) is 45.1 Å². The van der Waals surface area contributed by atoms with E-state index in [1.165, 1.54) is 0 Å². The summed E-state index contributed by atoms with van der Waals surface area (Å²) in [6, 6.07) is 5.02. The molecule has 0 aliphatic carbocycles. The van der Waals surface area contributed by atoms with E-state index in [2.05, 4.69) is 31.5 Å². The summed E-state index contributed by atoms with van der Waals surface area (Å²) < 4.78 is 0.789. The first kappa shape index (κ1) is 13.2. The van der Waals surface area contributed by atoms with Crippen LogP contribution in [0.25, 0.3) is 0 Å². The van der Waals surface area contributed by atoms with Gasteiger partial charge in [0.2, 0.25) is 5.91 Å². The number of carbonyl (C=O) groups excluding carboxylic acids is 2. The van der Waals surface area contributed by atoms with E-state index in [1.54, 1.807) is 24.4 Å². The van der Waals surface area contributed by atoms with Crippen LogP contribution in [0.5, 0.6) is 0 Å². The highest BCUT2D eigenvalue weighted by molar-refractivity contribution is 9.10. The van der Waals surface area contributed by atoms with Crippen molar-refractivity contribution >= 4 is 50.7 Å². The van der Waals surface area contributed by atoms with E-state index in [0.717, 1.165) is 10.0 Å². The molecule has 1 aromatic carbocycles. The Morgan fingerprint density at radius 1 is 1.35 bits per heavy atom. The summed E-state index contributed by atoms with van der Waals surface area (Å²) in [7, 11) is 0. The molecule has 3 N–H and O–H groups in total. The van der Waals surface area contributed by atoms with Crippen molar-refractivity contribution in [2.75, 3.05) is 10.6 Å². The molecule has 0 atom stereocenters. The zero-order valence-electron chi connectivity index (χ0n) is 10.1. The lowest BCUT2D eigenvalue weighted by atomic mass is 10.1. The maximum Gasteiger partial charge on any atom is 0.272 e. The van der Waals surface area contributed by atoms with Crippen LogP contribution in [0.2, 0.25) is 5.02 Å². The molecular formula is C13H9BrClN3O2. The molecule has 1 aliphatic rings. The van der Waals surface area contributed by atoms with Crippen LogP contribution in [0.3, 0.4) is 0 Å². The first-order valence-electron chi connectivity index (χ1n) is 5.80. The summed E-state index contributed by atoms with van der Waals surface area (Å²) in [5.41, 5.74) is 2.42. The second-order valence-electron chi connectivity index (χ2n) is 4.40. The van der Waals surface area contributed by atoms with Crippen molar-refractivity contribution in [3.8, 4) is 0 Å². The predicted molar refractivity (Wildman–Crippen MR) is 80.2 cm³/mol. The Morgan fingerprint density at radius 3 is 2.85 bits per heavy atom. The molecule has 3 rings (SSSR count). The van der Waals surface area contributed by atoms with Gasteiger partial charge < -0.3 is 15.6 Å². The van der Waals surface area contributed by atoms with Crippen molar-refractivity contribution in [2.24, 2.45) is 0 Å². The number of aromatic amines is 1. The standard InChI is InChI=1S/C13H9BrClN3O2/c14-7-3-11(16-5-7)13(20)18-10-1-6-2-12(19)17-9(6)4-8(10)15/h1,3-5,16H,2H2,(H,17,19)(H,18,20). The van der Waals surface area contributed by atoms with E-state index < -0.39 is 0 Å². The number of aromatic nitrogens is 1. The fourth-order valence-electron chi connectivity index (χ4n) is 2.03. The van der Waals surface area contributed by atoms with Crippen LogP contribution in [0, 0.1) is 0 Å². The van der Waals surface area contributed by atoms with Gasteiger partial charge in [0.1, 0.15) is 5.69 Å². The van der Waals surface area contributed by atoms with Crippen LogP contribution in [-0.2, 0) is 11.2 Å². The zero-order valence-corrected chi connectivity index (χ0v) is 12.4. The zero-order chi connectivity index (χ0) is 14.3. The molecule has 0 unspecified atom stereocenters. The number of amides is 2. The molecule has 0 bridgehead atoms. The van der Waals surface area contributed by atoms with Gasteiger partial charge in [0.15, 0.2) is 0 Å². The van der Waals surface area contributed by atoms with Crippen LogP contribution >= 0.6 is 27.5 Å². The molecule has 7 heteroatoms. The third-order valence-corrected chi connectivity index (χ3v) is 3.73. The summed E-state index contributed by atoms with van der Waals surface area (Å²) in [5.74, 6) is -0.373. The number of carbonyl (C=O) groups is 2. The summed E-state index contributed by atoms with van der Waals surface area (Å²) in [6.07, 6.45) is 1.96. The minimum absolute atomic E-state index is 0.0761. The second-order valence-corrected chi connectivity index (χ2v) is 5.72. The Kier molecular flexibility index (Phi) is 3.27. The molecule has 5 nitrogen and oxygen atoms in total. The molecule has 0 radical (unpaired) electrons. The number of hydrogen-bond donors (Lipinski definition) is 3. The quantitative estimate of drug-likeness (QED) is 0.775. The molecule has 2 aromatic rings. The molecule has 2 heterocycles. The van der Waals surface area contributed by atoms with Crippen molar-refractivity contribution in [3.63, 3.8) is 0 Å². The molecule has 1 aromatic heterocycles. The van der Waals surface area contributed by atoms with Gasteiger partial charge in [-0.05, 0) is 39.7 Å². The van der Waals surface area contributed by atoms with Gasteiger partial charge in [-0.1, -0.05) is 11.6 Å². The van der Waals surface area contributed by atoms with E-state index in [1.807, 2.05) is 0 Å². The van der Waals surface area contributed by atoms with Gasteiger partial charge in [0.05, 0.1) is 17.1 Å². The number of H-pyrrole nitrogens is 1. The Balaban J connectivity index is 1.86. The van der Waals surface area contributed by atoms with Gasteiger partial charge in [0, 0.05) is 16.4 Å². The molecule has 2 amide bonds. The Hall–Kier alpha value is -1.79. The minimum Gasteiger partial charge on any atom is -0.356 e. The highest BCUT2D eigenvalue weighted by Crippen LogP contribution is 2.33. The summed E-state index contributed by atoms with van der Waals surface area (Å²) in [4.78, 5) is 26.2. The van der Waals surface area contributed by atoms with Crippen LogP contribution in [0.4, 0.5) is 11.4 Å². The Labute approximate surface area is 127 Å². The monoisotopic (exact) mass is 353 g/mol. The maximum absolute atomic E-state index is 12.0. The Morgan fingerprint density at radius 2 is 2.15 bits per heavy atom. The average Bonchev–Trinajstić information content (AvgIpc) is 2.95. The molecule has 0 spiro atoms. The first-order valence-corrected chi connectivity index (χ1v) is 6.97. The third-order valence-electron chi connectivity index (χ3n) is 2.96. The van der Waals surface area contributed by atoms with Gasteiger partial charge in [-0.15, -0.1) is 0 Å². The number of nitrogens with one attached hydrogen (secondary N) is 3.